The van der Waals surface area contributed by atoms with Gasteiger partial charge in [0.1, 0.15) is 10.6 Å². The van der Waals surface area contributed by atoms with Gasteiger partial charge in [-0.05, 0) is 32.3 Å². The van der Waals surface area contributed by atoms with Gasteiger partial charge in [0.2, 0.25) is 5.91 Å². The number of amides is 1. The maximum atomic E-state index is 12.7. The van der Waals surface area contributed by atoms with Crippen LogP contribution >= 0.6 is 11.3 Å². The number of carbonyl (C=O) groups is 2. The number of hydrogen-bond acceptors (Lipinski definition) is 4. The number of hydrogen-bond donors (Lipinski definition) is 1. The molecule has 1 N–H and O–H groups in total. The molecule has 1 amide bonds. The van der Waals surface area contributed by atoms with Gasteiger partial charge in [0.25, 0.3) is 0 Å². The van der Waals surface area contributed by atoms with Crippen LogP contribution in [0.15, 0.2) is 24.3 Å². The highest BCUT2D eigenvalue weighted by Crippen LogP contribution is 2.41. The smallest absolute Gasteiger partial charge is 0.341 e. The zero-order chi connectivity index (χ0) is 18.7. The van der Waals surface area contributed by atoms with Gasteiger partial charge in [-0.25, -0.2) is 4.79 Å². The molecule has 4 nitrogen and oxygen atoms in total. The van der Waals surface area contributed by atoms with Crippen LogP contribution in [0.5, 0.6) is 0 Å². The van der Waals surface area contributed by atoms with E-state index in [9.17, 15) is 9.59 Å². The van der Waals surface area contributed by atoms with Gasteiger partial charge in [0.05, 0.1) is 7.11 Å². The van der Waals surface area contributed by atoms with Gasteiger partial charge in [-0.2, -0.15) is 0 Å². The molecule has 0 aliphatic heterocycles. The van der Waals surface area contributed by atoms with Crippen molar-refractivity contribution < 1.29 is 14.3 Å². The maximum absolute atomic E-state index is 12.7. The summed E-state index contributed by atoms with van der Waals surface area (Å²) in [5.41, 5.74) is 3.43. The number of methoxy groups -OCH3 is 1. The predicted octanol–water partition coefficient (Wildman–Crippen LogP) is 5.34. The maximum Gasteiger partial charge on any atom is 0.341 e. The van der Waals surface area contributed by atoms with Crippen LogP contribution in [0.3, 0.4) is 0 Å². The lowest BCUT2D eigenvalue weighted by molar-refractivity contribution is -0.120. The van der Waals surface area contributed by atoms with Gasteiger partial charge in [-0.3, -0.25) is 4.79 Å². The van der Waals surface area contributed by atoms with Crippen molar-refractivity contribution in [2.24, 2.45) is 5.92 Å². The van der Waals surface area contributed by atoms with Crippen LogP contribution in [0, 0.1) is 19.8 Å². The number of rotatable bonds is 4. The first-order valence-electron chi connectivity index (χ1n) is 9.11. The summed E-state index contributed by atoms with van der Waals surface area (Å²) in [7, 11) is 1.38. The number of nitrogens with one attached hydrogen (secondary N) is 1. The van der Waals surface area contributed by atoms with E-state index in [4.69, 9.17) is 4.74 Å². The van der Waals surface area contributed by atoms with E-state index in [0.29, 0.717) is 10.6 Å². The average molecular weight is 372 g/mol. The van der Waals surface area contributed by atoms with E-state index in [2.05, 4.69) is 5.32 Å². The van der Waals surface area contributed by atoms with Gasteiger partial charge in [-0.15, -0.1) is 11.3 Å². The first-order chi connectivity index (χ1) is 12.5. The number of thiophene rings is 1. The number of ether oxygens (including phenoxy) is 1. The average Bonchev–Trinajstić information content (AvgIpc) is 2.98. The molecule has 0 bridgehead atoms. The van der Waals surface area contributed by atoms with Gasteiger partial charge >= 0.3 is 5.97 Å². The summed E-state index contributed by atoms with van der Waals surface area (Å²) in [5, 5.41) is 3.61. The van der Waals surface area contributed by atoms with Crippen LogP contribution < -0.4 is 5.32 Å². The molecular formula is C21H25NO3S. The Morgan fingerprint density at radius 2 is 1.73 bits per heavy atom. The topological polar surface area (TPSA) is 55.4 Å². The quantitative estimate of drug-likeness (QED) is 0.738. The molecule has 1 aliphatic carbocycles. The van der Waals surface area contributed by atoms with E-state index in [1.54, 1.807) is 0 Å². The van der Waals surface area contributed by atoms with Crippen molar-refractivity contribution in [1.29, 1.82) is 0 Å². The Morgan fingerprint density at radius 1 is 1.08 bits per heavy atom. The summed E-state index contributed by atoms with van der Waals surface area (Å²) in [6.45, 7) is 4.00. The van der Waals surface area contributed by atoms with Crippen molar-refractivity contribution in [2.75, 3.05) is 12.4 Å². The van der Waals surface area contributed by atoms with Crippen molar-refractivity contribution in [3.05, 3.63) is 40.3 Å². The third kappa shape index (κ3) is 3.83. The molecule has 0 radical (unpaired) electrons. The van der Waals surface area contributed by atoms with Crippen LogP contribution in [0.4, 0.5) is 5.00 Å². The fourth-order valence-electron chi connectivity index (χ4n) is 3.58. The molecule has 1 aliphatic rings. The molecule has 0 atom stereocenters. The summed E-state index contributed by atoms with van der Waals surface area (Å²) < 4.78 is 5.02. The largest absolute Gasteiger partial charge is 0.465 e. The van der Waals surface area contributed by atoms with E-state index >= 15 is 0 Å². The van der Waals surface area contributed by atoms with Crippen molar-refractivity contribution in [2.45, 2.75) is 46.0 Å². The number of esters is 1. The van der Waals surface area contributed by atoms with Crippen molar-refractivity contribution in [3.63, 3.8) is 0 Å². The molecule has 1 aromatic heterocycles. The Balaban J connectivity index is 1.97. The van der Waals surface area contributed by atoms with E-state index in [1.165, 1.54) is 24.9 Å². The Morgan fingerprint density at radius 3 is 2.35 bits per heavy atom. The highest BCUT2D eigenvalue weighted by Gasteiger charge is 2.27. The van der Waals surface area contributed by atoms with Crippen LogP contribution in [-0.4, -0.2) is 19.0 Å². The van der Waals surface area contributed by atoms with Crippen molar-refractivity contribution in [3.8, 4) is 11.1 Å². The SMILES string of the molecule is COC(=O)c1c(NC(=O)C2CCCCC2)sc(C)c1-c1ccc(C)cc1. The first kappa shape index (κ1) is 18.6. The summed E-state index contributed by atoms with van der Waals surface area (Å²) in [6.07, 6.45) is 5.25. The molecule has 26 heavy (non-hydrogen) atoms. The zero-order valence-electron chi connectivity index (χ0n) is 15.6. The van der Waals surface area contributed by atoms with Crippen molar-refractivity contribution in [1.82, 2.24) is 0 Å². The molecule has 138 valence electrons. The minimum absolute atomic E-state index is 0.0200. The number of aryl methyl sites for hydroxylation is 2. The van der Waals surface area contributed by atoms with E-state index < -0.39 is 5.97 Å². The summed E-state index contributed by atoms with van der Waals surface area (Å²) in [5.74, 6) is -0.352. The molecule has 3 rings (SSSR count). The van der Waals surface area contributed by atoms with E-state index in [1.807, 2.05) is 38.1 Å². The van der Waals surface area contributed by atoms with E-state index in [-0.39, 0.29) is 11.8 Å². The Labute approximate surface area is 158 Å². The molecule has 5 heteroatoms. The lowest BCUT2D eigenvalue weighted by Crippen LogP contribution is -2.25. The lowest BCUT2D eigenvalue weighted by atomic mass is 9.88. The number of carbonyl (C=O) groups excluding carboxylic acids is 2. The summed E-state index contributed by atoms with van der Waals surface area (Å²) in [4.78, 5) is 26.2. The fraction of sp³-hybridized carbons (Fsp3) is 0.429. The molecule has 0 spiro atoms. The molecule has 2 aromatic rings. The Hall–Kier alpha value is -2.14. The van der Waals surface area contributed by atoms with Crippen LogP contribution in [-0.2, 0) is 9.53 Å². The first-order valence-corrected chi connectivity index (χ1v) is 9.92. The normalized spacial score (nSPS) is 14.9. The second kappa shape index (κ2) is 8.04. The summed E-state index contributed by atoms with van der Waals surface area (Å²) in [6, 6.07) is 8.05. The van der Waals surface area contributed by atoms with E-state index in [0.717, 1.165) is 47.3 Å². The van der Waals surface area contributed by atoms with Gasteiger partial charge in [0, 0.05) is 16.4 Å². The summed E-state index contributed by atoms with van der Waals surface area (Å²) >= 11 is 1.44. The van der Waals surface area contributed by atoms with Gasteiger partial charge in [0.15, 0.2) is 0 Å². The molecular weight excluding hydrogens is 346 g/mol. The minimum atomic E-state index is -0.413. The van der Waals surface area contributed by atoms with Crippen LogP contribution in [0.25, 0.3) is 11.1 Å². The molecule has 1 saturated carbocycles. The minimum Gasteiger partial charge on any atom is -0.465 e. The lowest BCUT2D eigenvalue weighted by Gasteiger charge is -2.20. The molecule has 0 saturated heterocycles. The Kier molecular flexibility index (Phi) is 5.77. The molecule has 1 fully saturated rings. The van der Waals surface area contributed by atoms with Gasteiger partial charge < -0.3 is 10.1 Å². The second-order valence-electron chi connectivity index (χ2n) is 6.92. The standard InChI is InChI=1S/C21H25NO3S/c1-13-9-11-15(12-10-13)17-14(2)26-20(18(17)21(24)25-3)22-19(23)16-7-5-4-6-8-16/h9-12,16H,4-8H2,1-3H3,(H,22,23). The number of anilines is 1. The molecule has 1 heterocycles. The van der Waals surface area contributed by atoms with Crippen LogP contribution in [0.2, 0.25) is 0 Å². The zero-order valence-corrected chi connectivity index (χ0v) is 16.4. The number of benzene rings is 1. The fourth-order valence-corrected chi connectivity index (χ4v) is 4.64. The van der Waals surface area contributed by atoms with Crippen LogP contribution in [0.1, 0.15) is 52.9 Å². The molecule has 1 aromatic carbocycles. The monoisotopic (exact) mass is 371 g/mol. The third-order valence-corrected chi connectivity index (χ3v) is 6.05. The second-order valence-corrected chi connectivity index (χ2v) is 8.14. The Bertz CT molecular complexity index is 801. The van der Waals surface area contributed by atoms with Gasteiger partial charge in [-0.1, -0.05) is 49.1 Å². The predicted molar refractivity (Wildman–Crippen MR) is 106 cm³/mol. The van der Waals surface area contributed by atoms with Crippen molar-refractivity contribution >= 4 is 28.2 Å². The highest BCUT2D eigenvalue weighted by molar-refractivity contribution is 7.17. The molecule has 0 unspecified atom stereocenters. The highest BCUT2D eigenvalue weighted by atomic mass is 32.1. The third-order valence-electron chi connectivity index (χ3n) is 5.03.